The molecule has 0 aromatic heterocycles. The van der Waals surface area contributed by atoms with Crippen LogP contribution >= 0.6 is 0 Å². The lowest BCUT2D eigenvalue weighted by molar-refractivity contribution is -0.159. The standard InChI is InChI=1S/C15H18F4N2O2/c1-20(8-10-7-11(16)3-4-13(10)23-2)12-5-6-21(14(12)22)9-15(17,18)19/h3-4,7,12H,5-6,8-9H2,1-2H3/t12-/m1/s1. The van der Waals surface area contributed by atoms with Gasteiger partial charge >= 0.3 is 6.18 Å². The number of halogens is 4. The number of hydrogen-bond acceptors (Lipinski definition) is 3. The second-order valence-electron chi connectivity index (χ2n) is 5.55. The summed E-state index contributed by atoms with van der Waals surface area (Å²) in [5.74, 6) is -0.526. The molecule has 0 saturated carbocycles. The minimum absolute atomic E-state index is 0.0631. The Morgan fingerprint density at radius 3 is 2.70 bits per heavy atom. The number of benzene rings is 1. The number of amides is 1. The van der Waals surface area contributed by atoms with E-state index in [1.807, 2.05) is 0 Å². The molecular formula is C15H18F4N2O2. The number of hydrogen-bond donors (Lipinski definition) is 0. The van der Waals surface area contributed by atoms with Gasteiger partial charge in [0.15, 0.2) is 0 Å². The summed E-state index contributed by atoms with van der Waals surface area (Å²) in [7, 11) is 3.08. The van der Waals surface area contributed by atoms with Crippen molar-refractivity contribution in [3.63, 3.8) is 0 Å². The highest BCUT2D eigenvalue weighted by atomic mass is 19.4. The van der Waals surface area contributed by atoms with Crippen molar-refractivity contribution < 1.29 is 27.1 Å². The number of nitrogens with zero attached hydrogens (tertiary/aromatic N) is 2. The van der Waals surface area contributed by atoms with E-state index in [9.17, 15) is 22.4 Å². The molecule has 0 unspecified atom stereocenters. The van der Waals surface area contributed by atoms with Crippen molar-refractivity contribution in [2.45, 2.75) is 25.2 Å². The van der Waals surface area contributed by atoms with E-state index in [4.69, 9.17) is 4.74 Å². The molecule has 1 aliphatic heterocycles. The zero-order valence-electron chi connectivity index (χ0n) is 12.9. The maximum atomic E-state index is 13.4. The molecule has 0 spiro atoms. The van der Waals surface area contributed by atoms with E-state index < -0.39 is 30.5 Å². The van der Waals surface area contributed by atoms with Gasteiger partial charge in [0.05, 0.1) is 13.2 Å². The normalized spacial score (nSPS) is 18.8. The van der Waals surface area contributed by atoms with Crippen molar-refractivity contribution in [1.29, 1.82) is 0 Å². The van der Waals surface area contributed by atoms with E-state index in [1.54, 1.807) is 11.9 Å². The van der Waals surface area contributed by atoms with E-state index >= 15 is 0 Å². The summed E-state index contributed by atoms with van der Waals surface area (Å²) in [6.07, 6.45) is -4.10. The molecule has 4 nitrogen and oxygen atoms in total. The molecule has 1 aromatic rings. The minimum atomic E-state index is -4.41. The number of alkyl halides is 3. The highest BCUT2D eigenvalue weighted by molar-refractivity contribution is 5.84. The van der Waals surface area contributed by atoms with Crippen LogP contribution in [0.5, 0.6) is 5.75 Å². The van der Waals surface area contributed by atoms with E-state index in [2.05, 4.69) is 0 Å². The average molecular weight is 334 g/mol. The Bertz CT molecular complexity index is 577. The topological polar surface area (TPSA) is 32.8 Å². The summed E-state index contributed by atoms with van der Waals surface area (Å²) in [5, 5.41) is 0. The van der Waals surface area contributed by atoms with Crippen LogP contribution < -0.4 is 4.74 Å². The predicted molar refractivity (Wildman–Crippen MR) is 75.5 cm³/mol. The number of likely N-dealkylation sites (tertiary alicyclic amines) is 1. The van der Waals surface area contributed by atoms with Crippen LogP contribution in [0.2, 0.25) is 0 Å². The van der Waals surface area contributed by atoms with Gasteiger partial charge in [0.25, 0.3) is 0 Å². The van der Waals surface area contributed by atoms with Crippen molar-refractivity contribution in [2.75, 3.05) is 27.2 Å². The molecule has 0 aliphatic carbocycles. The van der Waals surface area contributed by atoms with E-state index in [-0.39, 0.29) is 13.1 Å². The molecule has 1 heterocycles. The number of rotatable bonds is 5. The second kappa shape index (κ2) is 6.74. The Kier molecular flexibility index (Phi) is 5.13. The molecule has 1 aromatic carbocycles. The van der Waals surface area contributed by atoms with E-state index in [1.165, 1.54) is 25.3 Å². The van der Waals surface area contributed by atoms with Crippen LogP contribution in [0.25, 0.3) is 0 Å². The molecule has 0 bridgehead atoms. The molecule has 2 rings (SSSR count). The zero-order chi connectivity index (χ0) is 17.2. The number of carbonyl (C=O) groups excluding carboxylic acids is 1. The first-order valence-corrected chi connectivity index (χ1v) is 7.09. The van der Waals surface area contributed by atoms with Gasteiger partial charge in [-0.15, -0.1) is 0 Å². The van der Waals surface area contributed by atoms with Gasteiger partial charge in [0.1, 0.15) is 18.1 Å². The van der Waals surface area contributed by atoms with E-state index in [0.29, 0.717) is 17.7 Å². The Labute approximate surface area is 131 Å². The highest BCUT2D eigenvalue weighted by Gasteiger charge is 2.40. The molecule has 1 amide bonds. The van der Waals surface area contributed by atoms with Gasteiger partial charge in [-0.3, -0.25) is 9.69 Å². The molecule has 1 aliphatic rings. The van der Waals surface area contributed by atoms with Crippen LogP contribution in [0.4, 0.5) is 17.6 Å². The zero-order valence-corrected chi connectivity index (χ0v) is 12.9. The van der Waals surface area contributed by atoms with Crippen LogP contribution in [-0.4, -0.2) is 55.2 Å². The summed E-state index contributed by atoms with van der Waals surface area (Å²) in [6, 6.07) is 3.38. The molecule has 1 saturated heterocycles. The van der Waals surface area contributed by atoms with Crippen LogP contribution in [0.15, 0.2) is 18.2 Å². The smallest absolute Gasteiger partial charge is 0.406 e. The molecule has 128 valence electrons. The Morgan fingerprint density at radius 1 is 1.39 bits per heavy atom. The molecular weight excluding hydrogens is 316 g/mol. The van der Waals surface area contributed by atoms with E-state index in [0.717, 1.165) is 4.90 Å². The first-order chi connectivity index (χ1) is 10.7. The lowest BCUT2D eigenvalue weighted by Crippen LogP contribution is -2.42. The van der Waals surface area contributed by atoms with Gasteiger partial charge in [-0.05, 0) is 31.7 Å². The average Bonchev–Trinajstić information content (AvgIpc) is 2.78. The Hall–Kier alpha value is -1.83. The summed E-state index contributed by atoms with van der Waals surface area (Å²) < 4.78 is 55.8. The van der Waals surface area contributed by atoms with Crippen molar-refractivity contribution in [3.8, 4) is 5.75 Å². The maximum absolute atomic E-state index is 13.4. The Morgan fingerprint density at radius 2 is 2.09 bits per heavy atom. The third kappa shape index (κ3) is 4.34. The fraction of sp³-hybridized carbons (Fsp3) is 0.533. The summed E-state index contributed by atoms with van der Waals surface area (Å²) >= 11 is 0. The van der Waals surface area contributed by atoms with Crippen molar-refractivity contribution >= 4 is 5.91 Å². The summed E-state index contributed by atoms with van der Waals surface area (Å²) in [5.41, 5.74) is 0.539. The fourth-order valence-electron chi connectivity index (χ4n) is 2.75. The van der Waals surface area contributed by atoms with Crippen LogP contribution in [0, 0.1) is 5.82 Å². The highest BCUT2D eigenvalue weighted by Crippen LogP contribution is 2.26. The maximum Gasteiger partial charge on any atom is 0.406 e. The molecule has 0 radical (unpaired) electrons. The van der Waals surface area contributed by atoms with Crippen LogP contribution in [-0.2, 0) is 11.3 Å². The first kappa shape index (κ1) is 17.5. The predicted octanol–water partition coefficient (Wildman–Crippen LogP) is 2.43. The lowest BCUT2D eigenvalue weighted by Gasteiger charge is -2.25. The number of likely N-dealkylation sites (N-methyl/N-ethyl adjacent to an activating group) is 1. The lowest BCUT2D eigenvalue weighted by atomic mass is 10.1. The number of methoxy groups -OCH3 is 1. The van der Waals surface area contributed by atoms with Gasteiger partial charge in [0.2, 0.25) is 5.91 Å². The minimum Gasteiger partial charge on any atom is -0.496 e. The third-order valence-corrected chi connectivity index (χ3v) is 3.83. The molecule has 0 N–H and O–H groups in total. The number of carbonyl (C=O) groups is 1. The fourth-order valence-corrected chi connectivity index (χ4v) is 2.75. The monoisotopic (exact) mass is 334 g/mol. The quantitative estimate of drug-likeness (QED) is 0.776. The van der Waals surface area contributed by atoms with Crippen LogP contribution in [0.1, 0.15) is 12.0 Å². The van der Waals surface area contributed by atoms with Crippen LogP contribution in [0.3, 0.4) is 0 Å². The van der Waals surface area contributed by atoms with Gasteiger partial charge < -0.3 is 9.64 Å². The number of ether oxygens (including phenoxy) is 1. The summed E-state index contributed by atoms with van der Waals surface area (Å²) in [4.78, 5) is 14.5. The molecule has 1 atom stereocenters. The Balaban J connectivity index is 2.06. The van der Waals surface area contributed by atoms with Crippen molar-refractivity contribution in [2.24, 2.45) is 0 Å². The third-order valence-electron chi connectivity index (χ3n) is 3.83. The van der Waals surface area contributed by atoms with Gasteiger partial charge in [0, 0.05) is 18.7 Å². The molecule has 23 heavy (non-hydrogen) atoms. The van der Waals surface area contributed by atoms with Gasteiger partial charge in [-0.1, -0.05) is 0 Å². The molecule has 1 fully saturated rings. The van der Waals surface area contributed by atoms with Gasteiger partial charge in [-0.2, -0.15) is 13.2 Å². The van der Waals surface area contributed by atoms with Crippen molar-refractivity contribution in [1.82, 2.24) is 9.80 Å². The molecule has 8 heteroatoms. The van der Waals surface area contributed by atoms with Gasteiger partial charge in [-0.25, -0.2) is 4.39 Å². The second-order valence-corrected chi connectivity index (χ2v) is 5.55. The largest absolute Gasteiger partial charge is 0.496 e. The SMILES string of the molecule is COc1ccc(F)cc1CN(C)[C@@H]1CCN(CC(F)(F)F)C1=O. The first-order valence-electron chi connectivity index (χ1n) is 7.09. The van der Waals surface area contributed by atoms with Crippen molar-refractivity contribution in [3.05, 3.63) is 29.6 Å². The summed E-state index contributed by atoms with van der Waals surface area (Å²) in [6.45, 7) is -0.968.